The number of nitrogens with zero attached hydrogens (tertiary/aromatic N) is 2. The Morgan fingerprint density at radius 2 is 2.00 bits per heavy atom. The van der Waals surface area contributed by atoms with Crippen molar-refractivity contribution in [1.82, 2.24) is 10.6 Å². The highest BCUT2D eigenvalue weighted by Crippen LogP contribution is 2.20. The van der Waals surface area contributed by atoms with E-state index in [0.717, 1.165) is 6.42 Å². The Balaban J connectivity index is 4.01. The van der Waals surface area contributed by atoms with E-state index in [-0.39, 0.29) is 24.0 Å². The smallest absolute Gasteiger partial charge is 0.306 e. The molecular formula is C14H30N3O4+. The minimum Gasteiger partial charge on any atom is -0.481 e. The van der Waals surface area contributed by atoms with E-state index in [1.807, 2.05) is 34.6 Å². The minimum absolute atomic E-state index is 0.137. The minimum atomic E-state index is -0.768. The summed E-state index contributed by atoms with van der Waals surface area (Å²) < 4.78 is 0. The predicted octanol–water partition coefficient (Wildman–Crippen LogP) is 2.37. The molecule has 0 radical (unpaired) electrons. The average Bonchev–Trinajstić information content (AvgIpc) is 2.39. The predicted molar refractivity (Wildman–Crippen MR) is 80.0 cm³/mol. The highest BCUT2D eigenvalue weighted by Gasteiger charge is 2.29. The lowest BCUT2D eigenvalue weighted by Crippen LogP contribution is -2.49. The van der Waals surface area contributed by atoms with Crippen LogP contribution in [0.15, 0.2) is 0 Å². The number of carbonyl (C=O) groups is 1. The van der Waals surface area contributed by atoms with Crippen LogP contribution in [-0.4, -0.2) is 40.3 Å². The van der Waals surface area contributed by atoms with Crippen molar-refractivity contribution in [3.05, 3.63) is 4.91 Å². The summed E-state index contributed by atoms with van der Waals surface area (Å²) in [5.74, 6) is -0.993. The maximum atomic E-state index is 11.7. The molecule has 0 aliphatic carbocycles. The molecule has 0 aromatic heterocycles. The number of carboxylic acids is 1. The first kappa shape index (κ1) is 19.6. The number of rotatable bonds is 10. The zero-order chi connectivity index (χ0) is 16.6. The second-order valence-corrected chi connectivity index (χ2v) is 6.38. The van der Waals surface area contributed by atoms with Gasteiger partial charge in [-0.15, -0.1) is 5.01 Å². The Morgan fingerprint density at radius 3 is 2.43 bits per heavy atom. The molecule has 2 N–H and O–H groups in total. The summed E-state index contributed by atoms with van der Waals surface area (Å²) in [6.45, 7) is 9.93. The molecule has 0 saturated carbocycles. The molecule has 0 heterocycles. The van der Waals surface area contributed by atoms with Crippen LogP contribution in [0.1, 0.15) is 53.9 Å². The first-order chi connectivity index (χ1) is 9.61. The molecule has 0 aromatic carbocycles. The molecule has 0 aliphatic heterocycles. The van der Waals surface area contributed by atoms with Gasteiger partial charge in [-0.2, -0.15) is 0 Å². The van der Waals surface area contributed by atoms with E-state index >= 15 is 0 Å². The largest absolute Gasteiger partial charge is 0.481 e. The van der Waals surface area contributed by atoms with Gasteiger partial charge >= 0.3 is 5.97 Å². The molecule has 2 unspecified atom stereocenters. The summed E-state index contributed by atoms with van der Waals surface area (Å²) in [6, 6.07) is 0. The van der Waals surface area contributed by atoms with Crippen LogP contribution in [-0.2, 0) is 9.63 Å². The van der Waals surface area contributed by atoms with Crippen molar-refractivity contribution < 1.29 is 19.7 Å². The molecule has 0 aromatic rings. The summed E-state index contributed by atoms with van der Waals surface area (Å²) in [5.41, 5.74) is 1.97. The lowest BCUT2D eigenvalue weighted by atomic mass is 9.88. The zero-order valence-electron chi connectivity index (χ0n) is 14.0. The summed E-state index contributed by atoms with van der Waals surface area (Å²) in [4.78, 5) is 28.4. The summed E-state index contributed by atoms with van der Waals surface area (Å²) >= 11 is 0. The number of hydrogen-bond acceptors (Lipinski definition) is 3. The van der Waals surface area contributed by atoms with Crippen molar-refractivity contribution in [2.45, 2.75) is 59.4 Å². The molecular weight excluding hydrogens is 274 g/mol. The third-order valence-corrected chi connectivity index (χ3v) is 3.80. The van der Waals surface area contributed by atoms with Gasteiger partial charge in [-0.3, -0.25) is 4.79 Å². The number of nitroso groups, excluding NO2 is 1. The molecule has 7 nitrogen and oxygen atoms in total. The Bertz CT molecular complexity index is 342. The van der Waals surface area contributed by atoms with Gasteiger partial charge in [0.15, 0.2) is 0 Å². The fourth-order valence-corrected chi connectivity index (χ4v) is 1.75. The van der Waals surface area contributed by atoms with Crippen LogP contribution in [0.25, 0.3) is 0 Å². The van der Waals surface area contributed by atoms with Gasteiger partial charge < -0.3 is 5.11 Å². The second-order valence-electron chi connectivity index (χ2n) is 6.38. The van der Waals surface area contributed by atoms with Crippen molar-refractivity contribution in [3.8, 4) is 0 Å². The average molecular weight is 304 g/mol. The van der Waals surface area contributed by atoms with Crippen LogP contribution >= 0.6 is 0 Å². The standard InChI is InChI=1S/C14H29N3O4/c1-7-11(2)12(13(18)19)9-8-10-21-15-17(20)16(6)14(3,4)5/h11-12H,7-10H2,1-6H3,(H-,15,18,19,20)/p+1. The van der Waals surface area contributed by atoms with Crippen molar-refractivity contribution in [1.29, 1.82) is 0 Å². The van der Waals surface area contributed by atoms with E-state index in [1.165, 1.54) is 5.01 Å². The van der Waals surface area contributed by atoms with Gasteiger partial charge in [-0.05, 0) is 39.5 Å². The van der Waals surface area contributed by atoms with Gasteiger partial charge in [0.25, 0.3) is 4.98 Å². The van der Waals surface area contributed by atoms with Gasteiger partial charge in [0.2, 0.25) is 0 Å². The lowest BCUT2D eigenvalue weighted by molar-refractivity contribution is -0.795. The number of hydrogen-bond donors (Lipinski definition) is 2. The Kier molecular flexibility index (Phi) is 8.24. The molecule has 124 valence electrons. The SMILES string of the molecule is CCC(C)C(CCCON[N+](=O)N(C)C(C)(C)C)C(=O)O. The molecule has 0 rings (SSSR count). The van der Waals surface area contributed by atoms with Gasteiger partial charge in [0.1, 0.15) is 0 Å². The zero-order valence-corrected chi connectivity index (χ0v) is 14.0. The summed E-state index contributed by atoms with van der Waals surface area (Å²) in [7, 11) is 1.66. The molecule has 0 bridgehead atoms. The highest BCUT2D eigenvalue weighted by atomic mass is 16.7. The van der Waals surface area contributed by atoms with Gasteiger partial charge in [0.05, 0.1) is 30.0 Å². The van der Waals surface area contributed by atoms with Crippen molar-refractivity contribution in [2.24, 2.45) is 11.8 Å². The summed E-state index contributed by atoms with van der Waals surface area (Å²) in [6.07, 6.45) is 1.96. The van der Waals surface area contributed by atoms with Crippen LogP contribution in [0.3, 0.4) is 0 Å². The van der Waals surface area contributed by atoms with E-state index < -0.39 is 5.97 Å². The van der Waals surface area contributed by atoms with Crippen LogP contribution in [0.5, 0.6) is 0 Å². The van der Waals surface area contributed by atoms with Crippen molar-refractivity contribution >= 4 is 5.97 Å². The summed E-state index contributed by atoms with van der Waals surface area (Å²) in [5, 5.41) is 10.6. The molecule has 0 fully saturated rings. The van der Waals surface area contributed by atoms with E-state index in [0.29, 0.717) is 17.8 Å². The Labute approximate surface area is 127 Å². The fraction of sp³-hybridized carbons (Fsp3) is 0.929. The number of nitrogens with one attached hydrogen (secondary N) is 1. The van der Waals surface area contributed by atoms with Crippen LogP contribution in [0, 0.1) is 16.7 Å². The van der Waals surface area contributed by atoms with Crippen molar-refractivity contribution in [2.75, 3.05) is 13.7 Å². The maximum Gasteiger partial charge on any atom is 0.306 e. The van der Waals surface area contributed by atoms with Crippen LogP contribution in [0.4, 0.5) is 0 Å². The normalized spacial score (nSPS) is 14.4. The molecule has 21 heavy (non-hydrogen) atoms. The van der Waals surface area contributed by atoms with Gasteiger partial charge in [-0.25, -0.2) is 4.84 Å². The van der Waals surface area contributed by atoms with Crippen LogP contribution in [0.2, 0.25) is 0 Å². The number of hydrazine groups is 2. The molecule has 0 spiro atoms. The number of aliphatic carboxylic acids is 1. The molecule has 0 saturated heterocycles. The monoisotopic (exact) mass is 304 g/mol. The first-order valence-electron chi connectivity index (χ1n) is 7.42. The van der Waals surface area contributed by atoms with E-state index in [4.69, 9.17) is 9.94 Å². The third-order valence-electron chi connectivity index (χ3n) is 3.80. The Morgan fingerprint density at radius 1 is 1.43 bits per heavy atom. The molecule has 0 aliphatic rings. The molecule has 0 amide bonds. The fourth-order valence-electron chi connectivity index (χ4n) is 1.75. The topological polar surface area (TPSA) is 81.9 Å². The first-order valence-corrected chi connectivity index (χ1v) is 7.42. The quantitative estimate of drug-likeness (QED) is 0.366. The van der Waals surface area contributed by atoms with Gasteiger partial charge in [0, 0.05) is 5.59 Å². The van der Waals surface area contributed by atoms with E-state index in [2.05, 4.69) is 5.59 Å². The maximum absolute atomic E-state index is 11.7. The lowest BCUT2D eigenvalue weighted by Gasteiger charge is -2.22. The second kappa shape index (κ2) is 8.81. The molecule has 7 heteroatoms. The van der Waals surface area contributed by atoms with E-state index in [9.17, 15) is 9.70 Å². The Hall–Kier alpha value is -1.37. The highest BCUT2D eigenvalue weighted by molar-refractivity contribution is 5.70. The van der Waals surface area contributed by atoms with E-state index in [1.54, 1.807) is 7.05 Å². The van der Waals surface area contributed by atoms with Crippen LogP contribution < -0.4 is 5.59 Å². The third kappa shape index (κ3) is 7.27. The van der Waals surface area contributed by atoms with Crippen molar-refractivity contribution in [3.63, 3.8) is 0 Å². The molecule has 2 atom stereocenters. The van der Waals surface area contributed by atoms with Gasteiger partial charge in [-0.1, -0.05) is 20.3 Å². The number of carboxylic acid groups (broad SMARTS) is 1.